The van der Waals surface area contributed by atoms with Crippen molar-refractivity contribution in [2.24, 2.45) is 5.92 Å². The van der Waals surface area contributed by atoms with Crippen molar-refractivity contribution < 1.29 is 9.32 Å². The predicted molar refractivity (Wildman–Crippen MR) is 95.0 cm³/mol. The Hall–Kier alpha value is -1.47. The summed E-state index contributed by atoms with van der Waals surface area (Å²) in [6.07, 6.45) is 4.90. The zero-order chi connectivity index (χ0) is 17.8. The van der Waals surface area contributed by atoms with E-state index in [9.17, 15) is 4.79 Å². The summed E-state index contributed by atoms with van der Waals surface area (Å²) in [4.78, 5) is 21.3. The molecule has 2 heterocycles. The molecule has 2 fully saturated rings. The Morgan fingerprint density at radius 2 is 2.00 bits per heavy atom. The number of hydrogen-bond acceptors (Lipinski definition) is 6. The first-order valence-corrected chi connectivity index (χ1v) is 9.59. The molecule has 1 aliphatic heterocycles. The molecule has 0 radical (unpaired) electrons. The Bertz CT molecular complexity index is 568. The van der Waals surface area contributed by atoms with E-state index in [0.29, 0.717) is 30.2 Å². The molecule has 140 valence electrons. The lowest BCUT2D eigenvalue weighted by Gasteiger charge is -2.37. The quantitative estimate of drug-likeness (QED) is 0.873. The third-order valence-corrected chi connectivity index (χ3v) is 5.68. The maximum Gasteiger partial charge on any atom is 0.243 e. The average molecular weight is 349 g/mol. The lowest BCUT2D eigenvalue weighted by molar-refractivity contribution is -0.124. The summed E-state index contributed by atoms with van der Waals surface area (Å²) in [5, 5.41) is 7.12. The van der Waals surface area contributed by atoms with Crippen molar-refractivity contribution in [3.05, 3.63) is 11.7 Å². The molecule has 1 amide bonds. The summed E-state index contributed by atoms with van der Waals surface area (Å²) < 4.78 is 5.28. The summed E-state index contributed by atoms with van der Waals surface area (Å²) in [5.74, 6) is 2.13. The third kappa shape index (κ3) is 4.79. The van der Waals surface area contributed by atoms with Gasteiger partial charge in [-0.15, -0.1) is 0 Å². The van der Waals surface area contributed by atoms with E-state index in [-0.39, 0.29) is 11.9 Å². The fraction of sp³-hybridized carbons (Fsp3) is 0.833. The van der Waals surface area contributed by atoms with Crippen LogP contribution in [0.4, 0.5) is 0 Å². The van der Waals surface area contributed by atoms with E-state index in [1.54, 1.807) is 0 Å². The molecule has 2 aliphatic rings. The molecule has 1 N–H and O–H groups in total. The number of amides is 1. The average Bonchev–Trinajstić information content (AvgIpc) is 3.03. The van der Waals surface area contributed by atoms with Gasteiger partial charge in [0, 0.05) is 32.2 Å². The standard InChI is InChI=1S/C18H31N5O2/c1-13-6-4-5-7-16(13)20-17(24)12-22-8-10-23(11-9-22)14(2)18-19-15(3)21-25-18/h13-14,16H,4-12H2,1-3H3,(H,20,24)/t13-,14-,16-/m0/s1. The topological polar surface area (TPSA) is 74.5 Å². The number of rotatable bonds is 5. The summed E-state index contributed by atoms with van der Waals surface area (Å²) in [5.41, 5.74) is 0. The van der Waals surface area contributed by atoms with Gasteiger partial charge in [-0.2, -0.15) is 4.98 Å². The second-order valence-corrected chi connectivity index (χ2v) is 7.60. The number of nitrogens with zero attached hydrogens (tertiary/aromatic N) is 4. The van der Waals surface area contributed by atoms with Crippen molar-refractivity contribution in [1.29, 1.82) is 0 Å². The lowest BCUT2D eigenvalue weighted by Crippen LogP contribution is -2.51. The van der Waals surface area contributed by atoms with Gasteiger partial charge >= 0.3 is 0 Å². The van der Waals surface area contributed by atoms with Crippen molar-refractivity contribution >= 4 is 5.91 Å². The first-order chi connectivity index (χ1) is 12.0. The largest absolute Gasteiger partial charge is 0.352 e. The van der Waals surface area contributed by atoms with Crippen LogP contribution in [0.3, 0.4) is 0 Å². The number of hydrogen-bond donors (Lipinski definition) is 1. The van der Waals surface area contributed by atoms with Crippen molar-refractivity contribution in [1.82, 2.24) is 25.3 Å². The van der Waals surface area contributed by atoms with E-state index < -0.39 is 0 Å². The first kappa shape index (κ1) is 18.3. The summed E-state index contributed by atoms with van der Waals surface area (Å²) in [6, 6.07) is 0.489. The molecular weight excluding hydrogens is 318 g/mol. The molecule has 3 rings (SSSR count). The molecule has 3 atom stereocenters. The van der Waals surface area contributed by atoms with Gasteiger partial charge in [0.2, 0.25) is 11.8 Å². The van der Waals surface area contributed by atoms with Gasteiger partial charge in [0.05, 0.1) is 12.6 Å². The number of nitrogens with one attached hydrogen (secondary N) is 1. The maximum atomic E-state index is 12.4. The summed E-state index contributed by atoms with van der Waals surface area (Å²) in [7, 11) is 0. The normalized spacial score (nSPS) is 27.2. The number of carbonyl (C=O) groups is 1. The second-order valence-electron chi connectivity index (χ2n) is 7.60. The number of aromatic nitrogens is 2. The molecular formula is C18H31N5O2. The fourth-order valence-electron chi connectivity index (χ4n) is 3.93. The Morgan fingerprint density at radius 1 is 1.28 bits per heavy atom. The molecule has 1 aromatic heterocycles. The van der Waals surface area contributed by atoms with Gasteiger partial charge in [0.25, 0.3) is 0 Å². The van der Waals surface area contributed by atoms with Crippen molar-refractivity contribution in [3.8, 4) is 0 Å². The lowest BCUT2D eigenvalue weighted by atomic mass is 9.86. The van der Waals surface area contributed by atoms with E-state index in [4.69, 9.17) is 4.52 Å². The van der Waals surface area contributed by atoms with Gasteiger partial charge in [-0.25, -0.2) is 0 Å². The highest BCUT2D eigenvalue weighted by molar-refractivity contribution is 5.78. The molecule has 1 aromatic rings. The number of aryl methyl sites for hydroxylation is 1. The Morgan fingerprint density at radius 3 is 2.64 bits per heavy atom. The van der Waals surface area contributed by atoms with Crippen LogP contribution in [0.5, 0.6) is 0 Å². The van der Waals surface area contributed by atoms with Crippen LogP contribution in [0.25, 0.3) is 0 Å². The van der Waals surface area contributed by atoms with Crippen LogP contribution in [0.15, 0.2) is 4.52 Å². The minimum absolute atomic E-state index is 0.125. The van der Waals surface area contributed by atoms with E-state index in [1.807, 2.05) is 6.92 Å². The molecule has 1 aliphatic carbocycles. The highest BCUT2D eigenvalue weighted by Gasteiger charge is 2.27. The molecule has 25 heavy (non-hydrogen) atoms. The zero-order valence-electron chi connectivity index (χ0n) is 15.7. The van der Waals surface area contributed by atoms with Crippen molar-refractivity contribution in [3.63, 3.8) is 0 Å². The predicted octanol–water partition coefficient (Wildman–Crippen LogP) is 1.75. The highest BCUT2D eigenvalue weighted by atomic mass is 16.5. The van der Waals surface area contributed by atoms with Gasteiger partial charge in [0.1, 0.15) is 0 Å². The maximum absolute atomic E-state index is 12.4. The monoisotopic (exact) mass is 349 g/mol. The van der Waals surface area contributed by atoms with E-state index in [1.165, 1.54) is 19.3 Å². The molecule has 7 nitrogen and oxygen atoms in total. The van der Waals surface area contributed by atoms with E-state index >= 15 is 0 Å². The van der Waals surface area contributed by atoms with E-state index in [0.717, 1.165) is 32.6 Å². The van der Waals surface area contributed by atoms with Crippen LogP contribution >= 0.6 is 0 Å². The van der Waals surface area contributed by atoms with Crippen LogP contribution in [0.2, 0.25) is 0 Å². The van der Waals surface area contributed by atoms with E-state index in [2.05, 4.69) is 39.1 Å². The van der Waals surface area contributed by atoms with Crippen LogP contribution in [-0.4, -0.2) is 64.6 Å². The molecule has 0 bridgehead atoms. The third-order valence-electron chi connectivity index (χ3n) is 5.68. The molecule has 0 unspecified atom stereocenters. The second kappa shape index (κ2) is 8.27. The minimum atomic E-state index is 0.125. The first-order valence-electron chi connectivity index (χ1n) is 9.59. The van der Waals surface area contributed by atoms with Crippen LogP contribution in [-0.2, 0) is 4.79 Å². The summed E-state index contributed by atoms with van der Waals surface area (Å²) >= 11 is 0. The van der Waals surface area contributed by atoms with Crippen LogP contribution in [0.1, 0.15) is 57.3 Å². The molecule has 7 heteroatoms. The van der Waals surface area contributed by atoms with Gasteiger partial charge in [-0.3, -0.25) is 14.6 Å². The SMILES string of the molecule is Cc1noc([C@H](C)N2CCN(CC(=O)N[C@H]3CCCC[C@@H]3C)CC2)n1. The Labute approximate surface area is 150 Å². The van der Waals surface area contributed by atoms with Crippen LogP contribution in [0, 0.1) is 12.8 Å². The summed E-state index contributed by atoms with van der Waals surface area (Å²) in [6.45, 7) is 10.3. The molecule has 1 saturated heterocycles. The Kier molecular flexibility index (Phi) is 6.06. The molecule has 0 aromatic carbocycles. The fourth-order valence-corrected chi connectivity index (χ4v) is 3.93. The number of carbonyl (C=O) groups excluding carboxylic acids is 1. The Balaban J connectivity index is 1.42. The minimum Gasteiger partial charge on any atom is -0.352 e. The van der Waals surface area contributed by atoms with Gasteiger partial charge < -0.3 is 9.84 Å². The van der Waals surface area contributed by atoms with Crippen molar-refractivity contribution in [2.45, 2.75) is 58.5 Å². The molecule has 1 saturated carbocycles. The van der Waals surface area contributed by atoms with Crippen molar-refractivity contribution in [2.75, 3.05) is 32.7 Å². The van der Waals surface area contributed by atoms with Gasteiger partial charge in [-0.05, 0) is 32.6 Å². The highest BCUT2D eigenvalue weighted by Crippen LogP contribution is 2.24. The van der Waals surface area contributed by atoms with Crippen LogP contribution < -0.4 is 5.32 Å². The van der Waals surface area contributed by atoms with Gasteiger partial charge in [-0.1, -0.05) is 24.9 Å². The smallest absolute Gasteiger partial charge is 0.243 e. The van der Waals surface area contributed by atoms with Gasteiger partial charge in [0.15, 0.2) is 5.82 Å². The zero-order valence-corrected chi connectivity index (χ0v) is 15.7. The molecule has 0 spiro atoms. The number of piperazine rings is 1.